The molecule has 0 saturated heterocycles. The summed E-state index contributed by atoms with van der Waals surface area (Å²) >= 11 is 0. The Labute approximate surface area is 78.0 Å². The van der Waals surface area contributed by atoms with Crippen LogP contribution in [-0.4, -0.2) is 16.7 Å². The molecule has 0 aliphatic heterocycles. The number of aliphatic hydroxyl groups is 1. The first-order valence-electron chi connectivity index (χ1n) is 4.74. The molecular weight excluding hydrogens is 164 g/mol. The lowest BCUT2D eigenvalue weighted by Gasteiger charge is -2.38. The van der Waals surface area contributed by atoms with Gasteiger partial charge in [0.25, 0.3) is 0 Å². The molecule has 72 valence electrons. The van der Waals surface area contributed by atoms with Crippen molar-refractivity contribution in [1.29, 1.82) is 0 Å². The maximum atomic E-state index is 9.35. The van der Waals surface area contributed by atoms with E-state index in [1.807, 2.05) is 12.4 Å². The summed E-state index contributed by atoms with van der Waals surface area (Å²) in [6.07, 6.45) is 6.03. The topological polar surface area (TPSA) is 62.0 Å². The number of hydrogen-bond donors (Lipinski definition) is 3. The first-order valence-corrected chi connectivity index (χ1v) is 4.74. The standard InChI is InChI=1S/C10H16N2O/c1-7-2-3-8-4-12-5-9(8)10(7,11)6-13/h4-5,7,12-13H,2-3,6,11H2,1H3. The molecule has 0 amide bonds. The van der Waals surface area contributed by atoms with E-state index in [0.29, 0.717) is 5.92 Å². The third-order valence-electron chi connectivity index (χ3n) is 3.32. The van der Waals surface area contributed by atoms with Crippen LogP contribution in [0.2, 0.25) is 0 Å². The predicted molar refractivity (Wildman–Crippen MR) is 51.2 cm³/mol. The minimum absolute atomic E-state index is 0.0268. The van der Waals surface area contributed by atoms with Crippen molar-refractivity contribution in [3.05, 3.63) is 23.5 Å². The van der Waals surface area contributed by atoms with Gasteiger partial charge in [-0.15, -0.1) is 0 Å². The molecule has 2 rings (SSSR count). The molecule has 1 aliphatic carbocycles. The average molecular weight is 180 g/mol. The second-order valence-electron chi connectivity index (χ2n) is 4.03. The van der Waals surface area contributed by atoms with Crippen LogP contribution in [0, 0.1) is 5.92 Å². The van der Waals surface area contributed by atoms with Crippen LogP contribution < -0.4 is 5.73 Å². The Morgan fingerprint density at radius 1 is 1.69 bits per heavy atom. The average Bonchev–Trinajstić information content (AvgIpc) is 2.60. The molecule has 1 heterocycles. The molecule has 1 aromatic heterocycles. The van der Waals surface area contributed by atoms with Crippen LogP contribution in [0.3, 0.4) is 0 Å². The van der Waals surface area contributed by atoms with Gasteiger partial charge in [-0.2, -0.15) is 0 Å². The van der Waals surface area contributed by atoms with Crippen LogP contribution in [0.1, 0.15) is 24.5 Å². The highest BCUT2D eigenvalue weighted by molar-refractivity contribution is 5.34. The second kappa shape index (κ2) is 2.86. The van der Waals surface area contributed by atoms with Crippen molar-refractivity contribution >= 4 is 0 Å². The van der Waals surface area contributed by atoms with Gasteiger partial charge in [0.05, 0.1) is 12.1 Å². The lowest BCUT2D eigenvalue weighted by molar-refractivity contribution is 0.134. The summed E-state index contributed by atoms with van der Waals surface area (Å²) in [5.74, 6) is 0.348. The summed E-state index contributed by atoms with van der Waals surface area (Å²) in [6, 6.07) is 0. The summed E-state index contributed by atoms with van der Waals surface area (Å²) in [4.78, 5) is 3.06. The number of aromatic nitrogens is 1. The zero-order valence-corrected chi connectivity index (χ0v) is 7.88. The number of nitrogens with two attached hydrogens (primary N) is 1. The maximum Gasteiger partial charge on any atom is 0.0687 e. The van der Waals surface area contributed by atoms with E-state index in [1.54, 1.807) is 0 Å². The van der Waals surface area contributed by atoms with Crippen molar-refractivity contribution < 1.29 is 5.11 Å². The summed E-state index contributed by atoms with van der Waals surface area (Å²) < 4.78 is 0. The molecule has 1 aromatic rings. The van der Waals surface area contributed by atoms with E-state index in [-0.39, 0.29) is 6.61 Å². The Kier molecular flexibility index (Phi) is 1.93. The molecule has 2 atom stereocenters. The fourth-order valence-corrected chi connectivity index (χ4v) is 2.17. The molecule has 0 bridgehead atoms. The monoisotopic (exact) mass is 180 g/mol. The highest BCUT2D eigenvalue weighted by atomic mass is 16.3. The van der Waals surface area contributed by atoms with Crippen molar-refractivity contribution in [3.63, 3.8) is 0 Å². The van der Waals surface area contributed by atoms with Crippen molar-refractivity contribution in [2.45, 2.75) is 25.3 Å². The fourth-order valence-electron chi connectivity index (χ4n) is 2.17. The highest BCUT2D eigenvalue weighted by Gasteiger charge is 2.38. The largest absolute Gasteiger partial charge is 0.394 e. The lowest BCUT2D eigenvalue weighted by Crippen LogP contribution is -2.48. The molecule has 0 fully saturated rings. The van der Waals surface area contributed by atoms with Crippen molar-refractivity contribution in [3.8, 4) is 0 Å². The second-order valence-corrected chi connectivity index (χ2v) is 4.03. The first kappa shape index (κ1) is 8.78. The van der Waals surface area contributed by atoms with Crippen molar-refractivity contribution in [1.82, 2.24) is 4.98 Å². The van der Waals surface area contributed by atoms with Crippen molar-refractivity contribution in [2.24, 2.45) is 11.7 Å². The molecule has 3 nitrogen and oxygen atoms in total. The molecule has 1 aliphatic rings. The van der Waals surface area contributed by atoms with Gasteiger partial charge >= 0.3 is 0 Å². The number of aliphatic hydroxyl groups excluding tert-OH is 1. The molecule has 13 heavy (non-hydrogen) atoms. The van der Waals surface area contributed by atoms with Gasteiger partial charge in [-0.3, -0.25) is 0 Å². The quantitative estimate of drug-likeness (QED) is 0.597. The van der Waals surface area contributed by atoms with Gasteiger partial charge in [-0.05, 0) is 29.9 Å². The molecule has 3 heteroatoms. The number of rotatable bonds is 1. The molecule has 2 unspecified atom stereocenters. The number of H-pyrrole nitrogens is 1. The van der Waals surface area contributed by atoms with Gasteiger partial charge < -0.3 is 15.8 Å². The zero-order chi connectivity index (χ0) is 9.47. The van der Waals surface area contributed by atoms with E-state index in [4.69, 9.17) is 5.73 Å². The highest BCUT2D eigenvalue weighted by Crippen LogP contribution is 2.37. The predicted octanol–water partition coefficient (Wildman–Crippen LogP) is 0.743. The van der Waals surface area contributed by atoms with Crippen LogP contribution in [-0.2, 0) is 12.0 Å². The van der Waals surface area contributed by atoms with Crippen LogP contribution >= 0.6 is 0 Å². The normalized spacial score (nSPS) is 33.0. The van der Waals surface area contributed by atoms with Crippen LogP contribution in [0.25, 0.3) is 0 Å². The van der Waals surface area contributed by atoms with E-state index in [0.717, 1.165) is 18.4 Å². The van der Waals surface area contributed by atoms with Crippen LogP contribution in [0.4, 0.5) is 0 Å². The van der Waals surface area contributed by atoms with Gasteiger partial charge in [0.2, 0.25) is 0 Å². The SMILES string of the molecule is CC1CCc2c[nH]cc2C1(N)CO. The smallest absolute Gasteiger partial charge is 0.0687 e. The van der Waals surface area contributed by atoms with Crippen LogP contribution in [0.15, 0.2) is 12.4 Å². The van der Waals surface area contributed by atoms with E-state index in [9.17, 15) is 5.11 Å². The molecule has 0 spiro atoms. The summed E-state index contributed by atoms with van der Waals surface area (Å²) in [5.41, 5.74) is 8.00. The molecule has 4 N–H and O–H groups in total. The third kappa shape index (κ3) is 1.11. The van der Waals surface area contributed by atoms with E-state index in [1.165, 1.54) is 5.56 Å². The van der Waals surface area contributed by atoms with Gasteiger partial charge in [0.15, 0.2) is 0 Å². The third-order valence-corrected chi connectivity index (χ3v) is 3.32. The molecule has 0 saturated carbocycles. The molecule has 0 aromatic carbocycles. The first-order chi connectivity index (χ1) is 6.18. The van der Waals surface area contributed by atoms with E-state index >= 15 is 0 Å². The molecular formula is C10H16N2O. The fraction of sp³-hybridized carbons (Fsp3) is 0.600. The summed E-state index contributed by atoms with van der Waals surface area (Å²) in [5, 5.41) is 9.35. The number of aryl methyl sites for hydroxylation is 1. The van der Waals surface area contributed by atoms with Gasteiger partial charge in [-0.1, -0.05) is 6.92 Å². The zero-order valence-electron chi connectivity index (χ0n) is 7.88. The van der Waals surface area contributed by atoms with E-state index < -0.39 is 5.54 Å². The number of aromatic amines is 1. The Hall–Kier alpha value is -0.800. The number of hydrogen-bond acceptors (Lipinski definition) is 2. The summed E-state index contributed by atoms with van der Waals surface area (Å²) in [6.45, 7) is 2.13. The van der Waals surface area contributed by atoms with Crippen LogP contribution in [0.5, 0.6) is 0 Å². The minimum atomic E-state index is -0.534. The minimum Gasteiger partial charge on any atom is -0.394 e. The van der Waals surface area contributed by atoms with Gasteiger partial charge in [0.1, 0.15) is 0 Å². The van der Waals surface area contributed by atoms with Crippen molar-refractivity contribution in [2.75, 3.05) is 6.61 Å². The summed E-state index contributed by atoms with van der Waals surface area (Å²) in [7, 11) is 0. The number of nitrogens with one attached hydrogen (secondary N) is 1. The maximum absolute atomic E-state index is 9.35. The molecule has 0 radical (unpaired) electrons. The van der Waals surface area contributed by atoms with E-state index in [2.05, 4.69) is 11.9 Å². The Morgan fingerprint density at radius 3 is 3.15 bits per heavy atom. The lowest BCUT2D eigenvalue weighted by atomic mass is 9.72. The Balaban J connectivity index is 2.47. The van der Waals surface area contributed by atoms with Gasteiger partial charge in [0, 0.05) is 12.4 Å². The van der Waals surface area contributed by atoms with Gasteiger partial charge in [-0.25, -0.2) is 0 Å². The Morgan fingerprint density at radius 2 is 2.46 bits per heavy atom. The Bertz CT molecular complexity index is 308. The number of fused-ring (bicyclic) bond motifs is 1.